The molecular weight excluding hydrogens is 557 g/mol. The van der Waals surface area contributed by atoms with Crippen LogP contribution in [0.3, 0.4) is 0 Å². The van der Waals surface area contributed by atoms with Crippen molar-refractivity contribution in [3.8, 4) is 34.4 Å². The number of pyridine rings is 4. The van der Waals surface area contributed by atoms with Crippen molar-refractivity contribution in [2.45, 2.75) is 20.5 Å². The van der Waals surface area contributed by atoms with Crippen LogP contribution in [0.5, 0.6) is 23.1 Å². The van der Waals surface area contributed by atoms with Gasteiger partial charge in [-0.3, -0.25) is 19.6 Å². The highest BCUT2D eigenvalue weighted by Crippen LogP contribution is 2.35. The number of hydrogen-bond acceptors (Lipinski definition) is 9. The molecule has 0 saturated heterocycles. The number of rotatable bonds is 9. The number of ether oxygens (including phenoxy) is 4. The van der Waals surface area contributed by atoms with E-state index < -0.39 is 17.2 Å². The monoisotopic (exact) mass is 585 g/mol. The summed E-state index contributed by atoms with van der Waals surface area (Å²) >= 11 is 0. The largest absolute Gasteiger partial charge is 0.491 e. The van der Waals surface area contributed by atoms with E-state index in [-0.39, 0.29) is 46.5 Å². The molecule has 5 aromatic rings. The van der Waals surface area contributed by atoms with Gasteiger partial charge in [0.25, 0.3) is 11.8 Å². The zero-order valence-electron chi connectivity index (χ0n) is 24.1. The number of H-pyrrole nitrogens is 1. The average molecular weight is 586 g/mol. The number of aromatic amines is 1. The van der Waals surface area contributed by atoms with Gasteiger partial charge in [-0.2, -0.15) is 0 Å². The lowest BCUT2D eigenvalue weighted by Gasteiger charge is -2.15. The van der Waals surface area contributed by atoms with Gasteiger partial charge >= 0.3 is 0 Å². The Morgan fingerprint density at radius 1 is 0.977 bits per heavy atom. The molecule has 0 saturated carbocycles. The fourth-order valence-electron chi connectivity index (χ4n) is 4.67. The minimum Gasteiger partial charge on any atom is -0.491 e. The maximum Gasteiger partial charge on any atom is 0.261 e. The predicted octanol–water partition coefficient (Wildman–Crippen LogP) is 5.34. The van der Waals surface area contributed by atoms with Gasteiger partial charge < -0.3 is 29.2 Å². The van der Waals surface area contributed by atoms with Crippen LogP contribution < -0.4 is 25.0 Å². The Morgan fingerprint density at radius 3 is 2.49 bits per heavy atom. The Labute approximate surface area is 245 Å². The standard InChI is InChI=1S/C31H28FN5O6/c1-16-7-6-11-34-27(16)25-17(2)35-21(15-40-3)26(29(25)38)30(39)36-18-8-9-22(19(32)13-18)43-23-10-12-33-20-14-24(41-4)31(42-5)37-28(20)23/h6-14H,15H2,1-5H3,(H,35,38)(H,36,39). The van der Waals surface area contributed by atoms with Gasteiger partial charge in [0.2, 0.25) is 5.43 Å². The van der Waals surface area contributed by atoms with E-state index >= 15 is 4.39 Å². The Morgan fingerprint density at radius 2 is 1.79 bits per heavy atom. The third-order valence-electron chi connectivity index (χ3n) is 6.66. The number of methoxy groups -OCH3 is 3. The summed E-state index contributed by atoms with van der Waals surface area (Å²) in [6, 6.07) is 10.7. The average Bonchev–Trinajstić information content (AvgIpc) is 2.98. The number of carbonyl (C=O) groups excluding carboxylic acids is 1. The van der Waals surface area contributed by atoms with Crippen LogP contribution in [0.25, 0.3) is 22.3 Å². The van der Waals surface area contributed by atoms with Crippen LogP contribution in [0.1, 0.15) is 27.3 Å². The summed E-state index contributed by atoms with van der Waals surface area (Å²) < 4.78 is 36.9. The molecule has 0 radical (unpaired) electrons. The summed E-state index contributed by atoms with van der Waals surface area (Å²) in [5.41, 5.74) is 2.54. The third-order valence-corrected chi connectivity index (χ3v) is 6.66. The topological polar surface area (TPSA) is 138 Å². The first-order chi connectivity index (χ1) is 20.7. The van der Waals surface area contributed by atoms with Gasteiger partial charge in [0.05, 0.1) is 43.3 Å². The van der Waals surface area contributed by atoms with Crippen molar-refractivity contribution in [1.82, 2.24) is 19.9 Å². The van der Waals surface area contributed by atoms with Crippen LogP contribution >= 0.6 is 0 Å². The number of nitrogens with one attached hydrogen (secondary N) is 2. The van der Waals surface area contributed by atoms with Crippen LogP contribution in [-0.4, -0.2) is 47.2 Å². The molecule has 11 nitrogen and oxygen atoms in total. The van der Waals surface area contributed by atoms with Crippen LogP contribution in [0.4, 0.5) is 10.1 Å². The van der Waals surface area contributed by atoms with Crippen molar-refractivity contribution in [3.63, 3.8) is 0 Å². The molecule has 1 aromatic carbocycles. The van der Waals surface area contributed by atoms with Gasteiger partial charge in [0.1, 0.15) is 11.1 Å². The lowest BCUT2D eigenvalue weighted by molar-refractivity contribution is 0.101. The molecule has 0 spiro atoms. The normalized spacial score (nSPS) is 10.9. The first kappa shape index (κ1) is 29.1. The summed E-state index contributed by atoms with van der Waals surface area (Å²) in [4.78, 5) is 43.3. The van der Waals surface area contributed by atoms with Crippen molar-refractivity contribution in [2.75, 3.05) is 26.6 Å². The molecule has 0 bridgehead atoms. The zero-order valence-corrected chi connectivity index (χ0v) is 24.1. The van der Waals surface area contributed by atoms with Crippen molar-refractivity contribution in [1.29, 1.82) is 0 Å². The number of aromatic nitrogens is 4. The predicted molar refractivity (Wildman–Crippen MR) is 158 cm³/mol. The minimum atomic E-state index is -0.761. The Balaban J connectivity index is 1.46. The van der Waals surface area contributed by atoms with Crippen molar-refractivity contribution in [2.24, 2.45) is 0 Å². The van der Waals surface area contributed by atoms with E-state index in [1.165, 1.54) is 45.7 Å². The number of anilines is 1. The molecule has 0 fully saturated rings. The van der Waals surface area contributed by atoms with Crippen LogP contribution in [0.15, 0.2) is 59.7 Å². The van der Waals surface area contributed by atoms with Gasteiger partial charge in [0, 0.05) is 49.1 Å². The highest BCUT2D eigenvalue weighted by atomic mass is 19.1. The van der Waals surface area contributed by atoms with E-state index in [0.717, 1.165) is 11.6 Å². The summed E-state index contributed by atoms with van der Waals surface area (Å²) in [5.74, 6) is -0.789. The molecule has 4 aromatic heterocycles. The highest BCUT2D eigenvalue weighted by molar-refractivity contribution is 6.05. The molecule has 4 heterocycles. The molecule has 0 atom stereocenters. The van der Waals surface area contributed by atoms with Crippen LogP contribution in [-0.2, 0) is 11.3 Å². The minimum absolute atomic E-state index is 0.0218. The molecule has 12 heteroatoms. The SMILES string of the molecule is COCc1[nH]c(C)c(-c2ncccc2C)c(=O)c1C(=O)Nc1ccc(Oc2ccnc3cc(OC)c(OC)nc23)c(F)c1. The fraction of sp³-hybridized carbons (Fsp3) is 0.194. The molecule has 2 N–H and O–H groups in total. The molecule has 1 amide bonds. The second-order valence-corrected chi connectivity index (χ2v) is 9.49. The zero-order chi connectivity index (χ0) is 30.7. The summed E-state index contributed by atoms with van der Waals surface area (Å²) in [6.07, 6.45) is 3.07. The van der Waals surface area contributed by atoms with Crippen molar-refractivity contribution >= 4 is 22.6 Å². The van der Waals surface area contributed by atoms with E-state index in [1.807, 2.05) is 13.0 Å². The molecule has 0 unspecified atom stereocenters. The Bertz CT molecular complexity index is 1910. The summed E-state index contributed by atoms with van der Waals surface area (Å²) in [6.45, 7) is 3.54. The second-order valence-electron chi connectivity index (χ2n) is 9.49. The number of aryl methyl sites for hydroxylation is 2. The van der Waals surface area contributed by atoms with Crippen molar-refractivity contribution in [3.05, 3.63) is 93.4 Å². The van der Waals surface area contributed by atoms with E-state index in [9.17, 15) is 9.59 Å². The number of fused-ring (bicyclic) bond motifs is 1. The quantitative estimate of drug-likeness (QED) is 0.235. The molecule has 5 rings (SSSR count). The number of benzene rings is 1. The first-order valence-corrected chi connectivity index (χ1v) is 13.1. The van der Waals surface area contributed by atoms with E-state index in [2.05, 4.69) is 25.3 Å². The van der Waals surface area contributed by atoms with Crippen LogP contribution in [0.2, 0.25) is 0 Å². The van der Waals surface area contributed by atoms with E-state index in [4.69, 9.17) is 18.9 Å². The molecule has 0 aliphatic carbocycles. The van der Waals surface area contributed by atoms with Gasteiger partial charge in [-0.05, 0) is 37.6 Å². The fourth-order valence-corrected chi connectivity index (χ4v) is 4.67. The maximum absolute atomic E-state index is 15.3. The van der Waals surface area contributed by atoms with Gasteiger partial charge in [-0.1, -0.05) is 6.07 Å². The summed E-state index contributed by atoms with van der Waals surface area (Å²) in [7, 11) is 4.38. The molecule has 43 heavy (non-hydrogen) atoms. The number of halogens is 1. The number of nitrogens with zero attached hydrogens (tertiary/aromatic N) is 3. The van der Waals surface area contributed by atoms with Crippen LogP contribution in [0, 0.1) is 19.7 Å². The van der Waals surface area contributed by atoms with E-state index in [0.29, 0.717) is 28.2 Å². The first-order valence-electron chi connectivity index (χ1n) is 13.1. The Hall–Kier alpha value is -5.36. The van der Waals surface area contributed by atoms with Crippen molar-refractivity contribution < 1.29 is 28.1 Å². The highest BCUT2D eigenvalue weighted by Gasteiger charge is 2.24. The number of hydrogen-bond donors (Lipinski definition) is 2. The summed E-state index contributed by atoms with van der Waals surface area (Å²) in [5, 5.41) is 2.62. The molecular formula is C31H28FN5O6. The van der Waals surface area contributed by atoms with Gasteiger partial charge in [-0.15, -0.1) is 0 Å². The second kappa shape index (κ2) is 12.2. The number of amides is 1. The van der Waals surface area contributed by atoms with Gasteiger partial charge in [-0.25, -0.2) is 9.37 Å². The molecule has 0 aliphatic heterocycles. The Kier molecular flexibility index (Phi) is 8.30. The molecule has 0 aliphatic rings. The molecule has 220 valence electrons. The lowest BCUT2D eigenvalue weighted by atomic mass is 10.0. The third kappa shape index (κ3) is 5.72. The smallest absolute Gasteiger partial charge is 0.261 e. The van der Waals surface area contributed by atoms with E-state index in [1.54, 1.807) is 25.3 Å². The lowest BCUT2D eigenvalue weighted by Crippen LogP contribution is -2.27. The maximum atomic E-state index is 15.3. The van der Waals surface area contributed by atoms with Gasteiger partial charge in [0.15, 0.2) is 23.1 Å². The number of carbonyl (C=O) groups is 1.